The quantitative estimate of drug-likeness (QED) is 0.683. The summed E-state index contributed by atoms with van der Waals surface area (Å²) in [5.74, 6) is 1.50. The van der Waals surface area contributed by atoms with Gasteiger partial charge in [0.25, 0.3) is 0 Å². The lowest BCUT2D eigenvalue weighted by atomic mass is 10.1. The number of benzene rings is 1. The Balaban J connectivity index is 2.56. The molecule has 0 aliphatic heterocycles. The van der Waals surface area contributed by atoms with Crippen LogP contribution < -0.4 is 14.8 Å². The van der Waals surface area contributed by atoms with E-state index in [1.54, 1.807) is 14.2 Å². The lowest BCUT2D eigenvalue weighted by molar-refractivity contribution is 0.283. The van der Waals surface area contributed by atoms with Gasteiger partial charge in [-0.05, 0) is 37.9 Å². The van der Waals surface area contributed by atoms with Gasteiger partial charge in [-0.15, -0.1) is 0 Å². The van der Waals surface area contributed by atoms with Gasteiger partial charge >= 0.3 is 0 Å². The van der Waals surface area contributed by atoms with Crippen molar-refractivity contribution < 1.29 is 14.6 Å². The standard InChI is InChI=1S/C14H22BrNO3/c1-18-13-7-6-12(15)11(14(13)19-2)10-16-8-4-3-5-9-17/h6-7,16-17H,3-5,8-10H2,1-2H3. The zero-order valence-electron chi connectivity index (χ0n) is 11.5. The molecule has 1 aromatic rings. The maximum Gasteiger partial charge on any atom is 0.166 e. The normalized spacial score (nSPS) is 10.5. The van der Waals surface area contributed by atoms with Crippen molar-refractivity contribution in [1.29, 1.82) is 0 Å². The van der Waals surface area contributed by atoms with E-state index in [1.807, 2.05) is 12.1 Å². The summed E-state index contributed by atoms with van der Waals surface area (Å²) in [5, 5.41) is 12.1. The largest absolute Gasteiger partial charge is 0.493 e. The fourth-order valence-electron chi connectivity index (χ4n) is 1.88. The third kappa shape index (κ3) is 5.01. The summed E-state index contributed by atoms with van der Waals surface area (Å²) in [6.07, 6.45) is 2.97. The SMILES string of the molecule is COc1ccc(Br)c(CNCCCCCO)c1OC. The maximum atomic E-state index is 8.71. The summed E-state index contributed by atoms with van der Waals surface area (Å²) < 4.78 is 11.7. The molecule has 0 fully saturated rings. The van der Waals surface area contributed by atoms with E-state index in [0.29, 0.717) is 0 Å². The van der Waals surface area contributed by atoms with Crippen LogP contribution in [0.2, 0.25) is 0 Å². The average molecular weight is 332 g/mol. The molecule has 4 nitrogen and oxygen atoms in total. The van der Waals surface area contributed by atoms with Crippen LogP contribution in [0.25, 0.3) is 0 Å². The summed E-state index contributed by atoms with van der Waals surface area (Å²) in [5.41, 5.74) is 1.06. The molecule has 0 atom stereocenters. The summed E-state index contributed by atoms with van der Waals surface area (Å²) in [6.45, 7) is 1.92. The number of aliphatic hydroxyl groups excluding tert-OH is 1. The van der Waals surface area contributed by atoms with E-state index in [1.165, 1.54) is 0 Å². The van der Waals surface area contributed by atoms with Crippen molar-refractivity contribution in [3.05, 3.63) is 22.2 Å². The van der Waals surface area contributed by atoms with Gasteiger partial charge in [-0.3, -0.25) is 0 Å². The van der Waals surface area contributed by atoms with Crippen LogP contribution in [-0.2, 0) is 6.54 Å². The van der Waals surface area contributed by atoms with Crippen molar-refractivity contribution in [1.82, 2.24) is 5.32 Å². The number of nitrogens with one attached hydrogen (secondary N) is 1. The molecule has 0 heterocycles. The van der Waals surface area contributed by atoms with Gasteiger partial charge in [0.15, 0.2) is 11.5 Å². The van der Waals surface area contributed by atoms with Gasteiger partial charge in [0, 0.05) is 23.2 Å². The van der Waals surface area contributed by atoms with Crippen molar-refractivity contribution in [2.24, 2.45) is 0 Å². The number of ether oxygens (including phenoxy) is 2. The predicted octanol–water partition coefficient (Wildman–Crippen LogP) is 2.72. The van der Waals surface area contributed by atoms with Gasteiger partial charge in [-0.25, -0.2) is 0 Å². The van der Waals surface area contributed by atoms with Crippen molar-refractivity contribution in [2.75, 3.05) is 27.4 Å². The lowest BCUT2D eigenvalue weighted by Crippen LogP contribution is -2.16. The minimum atomic E-state index is 0.273. The maximum absolute atomic E-state index is 8.71. The van der Waals surface area contributed by atoms with Crippen LogP contribution >= 0.6 is 15.9 Å². The molecule has 0 bridgehead atoms. The Kier molecular flexibility index (Phi) is 7.86. The molecule has 0 saturated carbocycles. The number of hydrogen-bond donors (Lipinski definition) is 2. The second kappa shape index (κ2) is 9.18. The van der Waals surface area contributed by atoms with Crippen LogP contribution in [-0.4, -0.2) is 32.5 Å². The molecule has 2 N–H and O–H groups in total. The van der Waals surface area contributed by atoms with Gasteiger partial charge in [0.1, 0.15) is 0 Å². The number of aliphatic hydroxyl groups is 1. The Morgan fingerprint density at radius 2 is 1.95 bits per heavy atom. The van der Waals surface area contributed by atoms with Gasteiger partial charge in [0.2, 0.25) is 0 Å². The highest BCUT2D eigenvalue weighted by molar-refractivity contribution is 9.10. The molecule has 0 aliphatic carbocycles. The monoisotopic (exact) mass is 331 g/mol. The molecule has 0 aromatic heterocycles. The molecule has 108 valence electrons. The van der Waals surface area contributed by atoms with Crippen LogP contribution in [0.5, 0.6) is 11.5 Å². The van der Waals surface area contributed by atoms with Crippen molar-refractivity contribution in [3.8, 4) is 11.5 Å². The first kappa shape index (κ1) is 16.3. The molecule has 0 saturated heterocycles. The predicted molar refractivity (Wildman–Crippen MR) is 79.9 cm³/mol. The third-order valence-electron chi connectivity index (χ3n) is 2.90. The first-order valence-electron chi connectivity index (χ1n) is 6.45. The van der Waals surface area contributed by atoms with E-state index in [4.69, 9.17) is 14.6 Å². The number of rotatable bonds is 9. The smallest absolute Gasteiger partial charge is 0.166 e. The molecule has 19 heavy (non-hydrogen) atoms. The Morgan fingerprint density at radius 1 is 1.16 bits per heavy atom. The molecule has 1 rings (SSSR count). The van der Waals surface area contributed by atoms with E-state index in [0.717, 1.165) is 53.9 Å². The van der Waals surface area contributed by atoms with Crippen LogP contribution in [0.15, 0.2) is 16.6 Å². The second-order valence-corrected chi connectivity index (χ2v) is 5.08. The summed E-state index contributed by atoms with van der Waals surface area (Å²) in [4.78, 5) is 0. The number of unbranched alkanes of at least 4 members (excludes halogenated alkanes) is 2. The number of halogens is 1. The zero-order chi connectivity index (χ0) is 14.1. The first-order chi connectivity index (χ1) is 9.24. The Bertz CT molecular complexity index is 385. The minimum Gasteiger partial charge on any atom is -0.493 e. The fraction of sp³-hybridized carbons (Fsp3) is 0.571. The van der Waals surface area contributed by atoms with Crippen molar-refractivity contribution in [3.63, 3.8) is 0 Å². The van der Waals surface area contributed by atoms with Crippen molar-refractivity contribution >= 4 is 15.9 Å². The third-order valence-corrected chi connectivity index (χ3v) is 3.65. The van der Waals surface area contributed by atoms with Crippen LogP contribution in [0.3, 0.4) is 0 Å². The topological polar surface area (TPSA) is 50.7 Å². The molecule has 0 radical (unpaired) electrons. The fourth-order valence-corrected chi connectivity index (χ4v) is 2.34. The highest BCUT2D eigenvalue weighted by Crippen LogP contribution is 2.35. The highest BCUT2D eigenvalue weighted by atomic mass is 79.9. The number of methoxy groups -OCH3 is 2. The van der Waals surface area contributed by atoms with E-state index >= 15 is 0 Å². The van der Waals surface area contributed by atoms with Crippen molar-refractivity contribution in [2.45, 2.75) is 25.8 Å². The molecule has 0 unspecified atom stereocenters. The number of hydrogen-bond acceptors (Lipinski definition) is 4. The molecule has 0 aliphatic rings. The Labute approximate surface area is 123 Å². The van der Waals surface area contributed by atoms with Crippen LogP contribution in [0.1, 0.15) is 24.8 Å². The molecule has 1 aromatic carbocycles. The second-order valence-electron chi connectivity index (χ2n) is 4.22. The van der Waals surface area contributed by atoms with Gasteiger partial charge in [0.05, 0.1) is 14.2 Å². The molecule has 0 spiro atoms. The van der Waals surface area contributed by atoms with E-state index in [9.17, 15) is 0 Å². The van der Waals surface area contributed by atoms with Gasteiger partial charge in [-0.1, -0.05) is 15.9 Å². The Hall–Kier alpha value is -0.780. The van der Waals surface area contributed by atoms with Gasteiger partial charge in [-0.2, -0.15) is 0 Å². The molecular weight excluding hydrogens is 310 g/mol. The summed E-state index contributed by atoms with van der Waals surface area (Å²) in [6, 6.07) is 3.85. The molecular formula is C14H22BrNO3. The minimum absolute atomic E-state index is 0.273. The first-order valence-corrected chi connectivity index (χ1v) is 7.24. The molecule has 5 heteroatoms. The van der Waals surface area contributed by atoms with E-state index in [-0.39, 0.29) is 6.61 Å². The lowest BCUT2D eigenvalue weighted by Gasteiger charge is -2.15. The average Bonchev–Trinajstić information content (AvgIpc) is 2.43. The summed E-state index contributed by atoms with van der Waals surface area (Å²) >= 11 is 3.54. The highest BCUT2D eigenvalue weighted by Gasteiger charge is 2.12. The van der Waals surface area contributed by atoms with Crippen LogP contribution in [0, 0.1) is 0 Å². The van der Waals surface area contributed by atoms with E-state index < -0.39 is 0 Å². The van der Waals surface area contributed by atoms with Gasteiger partial charge < -0.3 is 19.9 Å². The van der Waals surface area contributed by atoms with E-state index in [2.05, 4.69) is 21.2 Å². The zero-order valence-corrected chi connectivity index (χ0v) is 13.1. The van der Waals surface area contributed by atoms with Crippen LogP contribution in [0.4, 0.5) is 0 Å². The Morgan fingerprint density at radius 3 is 2.58 bits per heavy atom. The molecule has 0 amide bonds. The summed E-state index contributed by atoms with van der Waals surface area (Å²) in [7, 11) is 3.28.